The number of nitrogens with one attached hydrogen (secondary N) is 1. The van der Waals surface area contributed by atoms with Crippen LogP contribution in [0.5, 0.6) is 0 Å². The molecule has 0 bridgehead atoms. The summed E-state index contributed by atoms with van der Waals surface area (Å²) in [6, 6.07) is 0.410. The third-order valence-corrected chi connectivity index (χ3v) is 4.30. The van der Waals surface area contributed by atoms with Crippen LogP contribution in [0.3, 0.4) is 0 Å². The number of aromatic nitrogens is 2. The largest absolute Gasteiger partial charge is 0.381 e. The minimum Gasteiger partial charge on any atom is -0.381 e. The lowest BCUT2D eigenvalue weighted by Crippen LogP contribution is -2.26. The van der Waals surface area contributed by atoms with E-state index in [9.17, 15) is 4.79 Å². The standard InChI is InChI=1S/C15H24N4O2/c16-15(11-5-7-21-9-11)13-8-17-10-19(13)6-1-2-14(20)18-12-3-4-12/h8,10-12,15H,1-7,9,16H2,(H,18,20). The van der Waals surface area contributed by atoms with Gasteiger partial charge in [-0.3, -0.25) is 4.79 Å². The summed E-state index contributed by atoms with van der Waals surface area (Å²) >= 11 is 0. The highest BCUT2D eigenvalue weighted by Crippen LogP contribution is 2.26. The summed E-state index contributed by atoms with van der Waals surface area (Å²) in [4.78, 5) is 15.9. The summed E-state index contributed by atoms with van der Waals surface area (Å²) in [6.45, 7) is 2.32. The van der Waals surface area contributed by atoms with E-state index in [1.54, 1.807) is 0 Å². The van der Waals surface area contributed by atoms with Gasteiger partial charge >= 0.3 is 0 Å². The Morgan fingerprint density at radius 2 is 2.38 bits per heavy atom. The second kappa shape index (κ2) is 6.58. The summed E-state index contributed by atoms with van der Waals surface area (Å²) in [5, 5.41) is 3.01. The number of ether oxygens (including phenoxy) is 1. The quantitative estimate of drug-likeness (QED) is 0.785. The van der Waals surface area contributed by atoms with Gasteiger partial charge in [0.05, 0.1) is 24.7 Å². The fourth-order valence-electron chi connectivity index (χ4n) is 2.81. The molecule has 2 aliphatic rings. The number of carbonyl (C=O) groups is 1. The van der Waals surface area contributed by atoms with Crippen LogP contribution in [0, 0.1) is 5.92 Å². The van der Waals surface area contributed by atoms with Gasteiger partial charge < -0.3 is 20.4 Å². The zero-order valence-corrected chi connectivity index (χ0v) is 12.3. The average Bonchev–Trinajstić information content (AvgIpc) is 2.97. The van der Waals surface area contributed by atoms with E-state index >= 15 is 0 Å². The Hall–Kier alpha value is -1.40. The second-order valence-electron chi connectivity index (χ2n) is 6.11. The number of amides is 1. The number of nitrogens with zero attached hydrogens (tertiary/aromatic N) is 2. The highest BCUT2D eigenvalue weighted by molar-refractivity contribution is 5.76. The number of rotatable bonds is 7. The van der Waals surface area contributed by atoms with E-state index in [-0.39, 0.29) is 11.9 Å². The average molecular weight is 292 g/mol. The van der Waals surface area contributed by atoms with Crippen LogP contribution in [-0.2, 0) is 16.1 Å². The van der Waals surface area contributed by atoms with Crippen molar-refractivity contribution in [2.75, 3.05) is 13.2 Å². The van der Waals surface area contributed by atoms with Crippen LogP contribution in [0.25, 0.3) is 0 Å². The van der Waals surface area contributed by atoms with Crippen LogP contribution >= 0.6 is 0 Å². The first-order valence-corrected chi connectivity index (χ1v) is 7.87. The molecule has 0 aromatic carbocycles. The van der Waals surface area contributed by atoms with Crippen molar-refractivity contribution < 1.29 is 9.53 Å². The molecule has 0 radical (unpaired) electrons. The van der Waals surface area contributed by atoms with Crippen molar-refractivity contribution in [2.24, 2.45) is 11.7 Å². The smallest absolute Gasteiger partial charge is 0.220 e. The van der Waals surface area contributed by atoms with Crippen LogP contribution in [0.4, 0.5) is 0 Å². The molecule has 1 saturated heterocycles. The topological polar surface area (TPSA) is 82.2 Å². The lowest BCUT2D eigenvalue weighted by Gasteiger charge is -2.19. The Labute approximate surface area is 125 Å². The molecular formula is C15H24N4O2. The summed E-state index contributed by atoms with van der Waals surface area (Å²) < 4.78 is 7.49. The van der Waals surface area contributed by atoms with E-state index in [0.29, 0.717) is 18.4 Å². The number of aryl methyl sites for hydroxylation is 1. The molecular weight excluding hydrogens is 268 g/mol. The number of carbonyl (C=O) groups excluding carboxylic acids is 1. The van der Waals surface area contributed by atoms with Crippen LogP contribution < -0.4 is 11.1 Å². The minimum absolute atomic E-state index is 0.0321. The Morgan fingerprint density at radius 1 is 1.52 bits per heavy atom. The van der Waals surface area contributed by atoms with Crippen LogP contribution in [-0.4, -0.2) is 34.7 Å². The van der Waals surface area contributed by atoms with Crippen molar-refractivity contribution in [3.63, 3.8) is 0 Å². The number of hydrogen-bond acceptors (Lipinski definition) is 4. The van der Waals surface area contributed by atoms with Gasteiger partial charge in [0, 0.05) is 37.7 Å². The monoisotopic (exact) mass is 292 g/mol. The van der Waals surface area contributed by atoms with E-state index in [2.05, 4.69) is 14.9 Å². The summed E-state index contributed by atoms with van der Waals surface area (Å²) in [5.41, 5.74) is 7.38. The minimum atomic E-state index is -0.0321. The van der Waals surface area contributed by atoms with Gasteiger partial charge in [-0.15, -0.1) is 0 Å². The summed E-state index contributed by atoms with van der Waals surface area (Å²) in [6.07, 6.45) is 8.31. The Kier molecular flexibility index (Phi) is 4.55. The molecule has 2 atom stereocenters. The van der Waals surface area contributed by atoms with Crippen molar-refractivity contribution in [1.29, 1.82) is 0 Å². The summed E-state index contributed by atoms with van der Waals surface area (Å²) in [5.74, 6) is 0.534. The van der Waals surface area contributed by atoms with Crippen LogP contribution in [0.15, 0.2) is 12.5 Å². The maximum Gasteiger partial charge on any atom is 0.220 e. The van der Waals surface area contributed by atoms with Gasteiger partial charge in [0.1, 0.15) is 0 Å². The molecule has 1 aliphatic heterocycles. The fourth-order valence-corrected chi connectivity index (χ4v) is 2.81. The van der Waals surface area contributed by atoms with Gasteiger partial charge in [-0.1, -0.05) is 0 Å². The highest BCUT2D eigenvalue weighted by atomic mass is 16.5. The first-order chi connectivity index (χ1) is 10.2. The molecule has 21 heavy (non-hydrogen) atoms. The second-order valence-corrected chi connectivity index (χ2v) is 6.11. The predicted molar refractivity (Wildman–Crippen MR) is 78.5 cm³/mol. The van der Waals surface area contributed by atoms with Crippen LogP contribution in [0.1, 0.15) is 43.8 Å². The molecule has 6 nitrogen and oxygen atoms in total. The molecule has 1 amide bonds. The Bertz CT molecular complexity index is 478. The van der Waals surface area contributed by atoms with Gasteiger partial charge in [-0.05, 0) is 25.7 Å². The SMILES string of the molecule is NC(c1cncn1CCCC(=O)NC1CC1)C1CCOC1. The number of hydrogen-bond donors (Lipinski definition) is 2. The molecule has 1 aromatic heterocycles. The van der Waals surface area contributed by atoms with Crippen molar-refractivity contribution in [2.45, 2.75) is 50.7 Å². The predicted octanol–water partition coefficient (Wildman–Crippen LogP) is 0.978. The molecule has 2 fully saturated rings. The molecule has 1 saturated carbocycles. The van der Waals surface area contributed by atoms with E-state index in [1.165, 1.54) is 0 Å². The van der Waals surface area contributed by atoms with E-state index in [0.717, 1.165) is 51.1 Å². The van der Waals surface area contributed by atoms with Gasteiger partial charge in [-0.2, -0.15) is 0 Å². The Balaban J connectivity index is 1.48. The first kappa shape index (κ1) is 14.5. The number of nitrogens with two attached hydrogens (primary N) is 1. The maximum absolute atomic E-state index is 11.7. The van der Waals surface area contributed by atoms with E-state index < -0.39 is 0 Å². The van der Waals surface area contributed by atoms with E-state index in [1.807, 2.05) is 12.5 Å². The molecule has 3 N–H and O–H groups in total. The fraction of sp³-hybridized carbons (Fsp3) is 0.733. The third-order valence-electron chi connectivity index (χ3n) is 4.30. The number of imidazole rings is 1. The van der Waals surface area contributed by atoms with Gasteiger partial charge in [0.15, 0.2) is 0 Å². The lowest BCUT2D eigenvalue weighted by molar-refractivity contribution is -0.121. The molecule has 1 aliphatic carbocycles. The molecule has 2 unspecified atom stereocenters. The van der Waals surface area contributed by atoms with Gasteiger partial charge in [0.25, 0.3) is 0 Å². The van der Waals surface area contributed by atoms with Crippen molar-refractivity contribution in [1.82, 2.24) is 14.9 Å². The van der Waals surface area contributed by atoms with Crippen molar-refractivity contribution >= 4 is 5.91 Å². The molecule has 6 heteroatoms. The normalized spacial score (nSPS) is 23.2. The van der Waals surface area contributed by atoms with Gasteiger partial charge in [-0.25, -0.2) is 4.98 Å². The lowest BCUT2D eigenvalue weighted by atomic mass is 9.97. The van der Waals surface area contributed by atoms with Crippen molar-refractivity contribution in [3.8, 4) is 0 Å². The molecule has 0 spiro atoms. The summed E-state index contributed by atoms with van der Waals surface area (Å²) in [7, 11) is 0. The Morgan fingerprint density at radius 3 is 3.10 bits per heavy atom. The molecule has 1 aromatic rings. The van der Waals surface area contributed by atoms with E-state index in [4.69, 9.17) is 10.5 Å². The van der Waals surface area contributed by atoms with Crippen molar-refractivity contribution in [3.05, 3.63) is 18.2 Å². The van der Waals surface area contributed by atoms with Gasteiger partial charge in [0.2, 0.25) is 5.91 Å². The highest BCUT2D eigenvalue weighted by Gasteiger charge is 2.26. The zero-order chi connectivity index (χ0) is 14.7. The maximum atomic E-state index is 11.7. The van der Waals surface area contributed by atoms with Crippen LogP contribution in [0.2, 0.25) is 0 Å². The first-order valence-electron chi connectivity index (χ1n) is 7.87. The molecule has 116 valence electrons. The molecule has 3 rings (SSSR count). The third kappa shape index (κ3) is 3.83. The molecule has 2 heterocycles. The zero-order valence-electron chi connectivity index (χ0n) is 12.3.